The fraction of sp³-hybridized carbons (Fsp3) is 0.417. The highest BCUT2D eigenvalue weighted by Gasteiger charge is 2.13. The van der Waals surface area contributed by atoms with Crippen molar-refractivity contribution in [3.8, 4) is 5.75 Å². The number of pyridine rings is 1. The molecule has 0 bridgehead atoms. The van der Waals surface area contributed by atoms with Crippen LogP contribution in [0, 0.1) is 13.8 Å². The second kappa shape index (κ2) is 3.26. The van der Waals surface area contributed by atoms with Gasteiger partial charge < -0.3 is 5.11 Å². The normalized spacial score (nSPS) is 11.5. The van der Waals surface area contributed by atoms with Crippen molar-refractivity contribution in [3.63, 3.8) is 0 Å². The number of fused-ring (bicyclic) bond motifs is 1. The molecule has 2 rings (SSSR count). The first-order valence-corrected chi connectivity index (χ1v) is 5.19. The molecule has 0 amide bonds. The van der Waals surface area contributed by atoms with Crippen molar-refractivity contribution in [1.82, 2.24) is 9.61 Å². The minimum atomic E-state index is 0.303. The van der Waals surface area contributed by atoms with Crippen LogP contribution in [0.3, 0.4) is 0 Å². The minimum absolute atomic E-state index is 0.303. The van der Waals surface area contributed by atoms with Crippen molar-refractivity contribution in [2.24, 2.45) is 0 Å². The first-order valence-electron chi connectivity index (χ1n) is 5.19. The first-order chi connectivity index (χ1) is 7.00. The van der Waals surface area contributed by atoms with Crippen LogP contribution in [0.4, 0.5) is 0 Å². The Kier molecular flexibility index (Phi) is 2.18. The number of nitrogens with zero attached hydrogens (tertiary/aromatic N) is 2. The molecule has 0 fully saturated rings. The van der Waals surface area contributed by atoms with E-state index < -0.39 is 0 Å². The molecule has 0 aromatic carbocycles. The summed E-state index contributed by atoms with van der Waals surface area (Å²) in [5.74, 6) is 0.704. The molecule has 0 aliphatic heterocycles. The lowest BCUT2D eigenvalue weighted by molar-refractivity contribution is 0.459. The van der Waals surface area contributed by atoms with E-state index in [2.05, 4.69) is 18.9 Å². The molecule has 0 saturated heterocycles. The van der Waals surface area contributed by atoms with Crippen molar-refractivity contribution in [3.05, 3.63) is 29.1 Å². The Balaban J connectivity index is 2.81. The Labute approximate surface area is 89.4 Å². The van der Waals surface area contributed by atoms with E-state index in [0.29, 0.717) is 11.7 Å². The molecule has 0 aliphatic rings. The summed E-state index contributed by atoms with van der Waals surface area (Å²) < 4.78 is 1.85. The fourth-order valence-electron chi connectivity index (χ4n) is 1.85. The maximum absolute atomic E-state index is 10.0. The standard InChI is InChI=1S/C12H16N2O/c1-7(2)10-6-14-11(5-8(3)13-14)9(4)12(10)15/h5-7,15H,1-4H3. The van der Waals surface area contributed by atoms with Gasteiger partial charge in [0.1, 0.15) is 5.75 Å². The van der Waals surface area contributed by atoms with E-state index in [4.69, 9.17) is 0 Å². The van der Waals surface area contributed by atoms with Gasteiger partial charge in [0.2, 0.25) is 0 Å². The highest BCUT2D eigenvalue weighted by atomic mass is 16.3. The van der Waals surface area contributed by atoms with Crippen LogP contribution in [0.1, 0.15) is 36.6 Å². The van der Waals surface area contributed by atoms with Crippen LogP contribution in [-0.4, -0.2) is 14.7 Å². The zero-order valence-electron chi connectivity index (χ0n) is 9.57. The van der Waals surface area contributed by atoms with Crippen LogP contribution >= 0.6 is 0 Å². The van der Waals surface area contributed by atoms with Crippen molar-refractivity contribution in [1.29, 1.82) is 0 Å². The average molecular weight is 204 g/mol. The average Bonchev–Trinajstić information content (AvgIpc) is 2.52. The Morgan fingerprint density at radius 1 is 1.33 bits per heavy atom. The maximum Gasteiger partial charge on any atom is 0.125 e. The number of aromatic hydroxyl groups is 1. The molecule has 2 heterocycles. The molecule has 0 radical (unpaired) electrons. The van der Waals surface area contributed by atoms with Gasteiger partial charge in [-0.15, -0.1) is 0 Å². The summed E-state index contributed by atoms with van der Waals surface area (Å²) in [4.78, 5) is 0. The lowest BCUT2D eigenvalue weighted by Gasteiger charge is -2.11. The zero-order valence-corrected chi connectivity index (χ0v) is 9.57. The molecule has 0 atom stereocenters. The summed E-state index contributed by atoms with van der Waals surface area (Å²) in [7, 11) is 0. The Morgan fingerprint density at radius 3 is 2.60 bits per heavy atom. The van der Waals surface area contributed by atoms with E-state index >= 15 is 0 Å². The first kappa shape index (κ1) is 10.0. The third-order valence-corrected chi connectivity index (χ3v) is 2.75. The number of aryl methyl sites for hydroxylation is 2. The Bertz CT molecular complexity index is 512. The third kappa shape index (κ3) is 1.48. The summed E-state index contributed by atoms with van der Waals surface area (Å²) >= 11 is 0. The summed E-state index contributed by atoms with van der Waals surface area (Å²) in [6.45, 7) is 8.02. The highest BCUT2D eigenvalue weighted by Crippen LogP contribution is 2.31. The van der Waals surface area contributed by atoms with E-state index in [0.717, 1.165) is 22.3 Å². The molecule has 3 heteroatoms. The number of hydrogen-bond donors (Lipinski definition) is 1. The van der Waals surface area contributed by atoms with Crippen molar-refractivity contribution >= 4 is 5.52 Å². The second-order valence-corrected chi connectivity index (χ2v) is 4.33. The molecule has 80 valence electrons. The monoisotopic (exact) mass is 204 g/mol. The SMILES string of the molecule is Cc1cc2c(C)c(O)c(C(C)C)cn2n1. The Hall–Kier alpha value is -1.51. The molecule has 2 aromatic heterocycles. The predicted molar refractivity (Wildman–Crippen MR) is 60.4 cm³/mol. The quantitative estimate of drug-likeness (QED) is 0.775. The molecule has 15 heavy (non-hydrogen) atoms. The van der Waals surface area contributed by atoms with Crippen molar-refractivity contribution in [2.45, 2.75) is 33.6 Å². The lowest BCUT2D eigenvalue weighted by atomic mass is 10.0. The molecule has 2 aromatic rings. The van der Waals surface area contributed by atoms with E-state index in [1.165, 1.54) is 0 Å². The molecule has 3 nitrogen and oxygen atoms in total. The molecular formula is C12H16N2O. The molecule has 0 aliphatic carbocycles. The van der Waals surface area contributed by atoms with Gasteiger partial charge in [0.15, 0.2) is 0 Å². The molecule has 0 saturated carbocycles. The summed E-state index contributed by atoms with van der Waals surface area (Å²) in [5.41, 5.74) is 3.80. The van der Waals surface area contributed by atoms with Gasteiger partial charge in [-0.2, -0.15) is 5.10 Å². The van der Waals surface area contributed by atoms with Crippen LogP contribution in [0.25, 0.3) is 5.52 Å². The predicted octanol–water partition coefficient (Wildman–Crippen LogP) is 2.78. The largest absolute Gasteiger partial charge is 0.507 e. The smallest absolute Gasteiger partial charge is 0.125 e. The number of aromatic nitrogens is 2. The summed E-state index contributed by atoms with van der Waals surface area (Å²) in [6.07, 6.45) is 1.91. The maximum atomic E-state index is 10.0. The third-order valence-electron chi connectivity index (χ3n) is 2.75. The van der Waals surface area contributed by atoms with E-state index in [-0.39, 0.29) is 0 Å². The highest BCUT2D eigenvalue weighted by molar-refractivity contribution is 5.62. The summed E-state index contributed by atoms with van der Waals surface area (Å²) in [5, 5.41) is 14.4. The van der Waals surface area contributed by atoms with E-state index in [9.17, 15) is 5.11 Å². The molecule has 0 unspecified atom stereocenters. The van der Waals surface area contributed by atoms with Gasteiger partial charge in [-0.05, 0) is 25.8 Å². The van der Waals surface area contributed by atoms with E-state index in [1.54, 1.807) is 0 Å². The van der Waals surface area contributed by atoms with Crippen LogP contribution < -0.4 is 0 Å². The topological polar surface area (TPSA) is 37.5 Å². The lowest BCUT2D eigenvalue weighted by Crippen LogP contribution is -1.97. The van der Waals surface area contributed by atoms with Gasteiger partial charge in [0.05, 0.1) is 11.2 Å². The number of rotatable bonds is 1. The van der Waals surface area contributed by atoms with Crippen LogP contribution in [-0.2, 0) is 0 Å². The molecule has 0 spiro atoms. The minimum Gasteiger partial charge on any atom is -0.507 e. The number of hydrogen-bond acceptors (Lipinski definition) is 2. The van der Waals surface area contributed by atoms with Gasteiger partial charge in [-0.1, -0.05) is 13.8 Å². The molecule has 1 N–H and O–H groups in total. The van der Waals surface area contributed by atoms with Crippen LogP contribution in [0.15, 0.2) is 12.3 Å². The zero-order chi connectivity index (χ0) is 11.2. The second-order valence-electron chi connectivity index (χ2n) is 4.33. The van der Waals surface area contributed by atoms with Gasteiger partial charge in [0.25, 0.3) is 0 Å². The molecular weight excluding hydrogens is 188 g/mol. The fourth-order valence-corrected chi connectivity index (χ4v) is 1.85. The van der Waals surface area contributed by atoms with Gasteiger partial charge in [0, 0.05) is 17.3 Å². The van der Waals surface area contributed by atoms with Crippen LogP contribution in [0.2, 0.25) is 0 Å². The van der Waals surface area contributed by atoms with Gasteiger partial charge in [-0.3, -0.25) is 0 Å². The van der Waals surface area contributed by atoms with Crippen molar-refractivity contribution in [2.75, 3.05) is 0 Å². The van der Waals surface area contributed by atoms with Crippen molar-refractivity contribution < 1.29 is 5.11 Å². The van der Waals surface area contributed by atoms with E-state index in [1.807, 2.05) is 30.6 Å². The van der Waals surface area contributed by atoms with Crippen LogP contribution in [0.5, 0.6) is 5.75 Å². The summed E-state index contributed by atoms with van der Waals surface area (Å²) in [6, 6.07) is 1.99. The van der Waals surface area contributed by atoms with Gasteiger partial charge >= 0.3 is 0 Å². The van der Waals surface area contributed by atoms with Gasteiger partial charge in [-0.25, -0.2) is 4.52 Å². The Morgan fingerprint density at radius 2 is 2.00 bits per heavy atom.